The molecule has 1 fully saturated rings. The van der Waals surface area contributed by atoms with Gasteiger partial charge in [-0.05, 0) is 50.6 Å². The predicted octanol–water partition coefficient (Wildman–Crippen LogP) is 2.89. The first kappa shape index (κ1) is 23.8. The molecule has 10 nitrogen and oxygen atoms in total. The molecule has 2 amide bonds. The molecule has 0 spiro atoms. The number of anilines is 3. The van der Waals surface area contributed by atoms with Crippen molar-refractivity contribution in [1.29, 1.82) is 0 Å². The highest BCUT2D eigenvalue weighted by Crippen LogP contribution is 2.32. The van der Waals surface area contributed by atoms with E-state index in [0.29, 0.717) is 50.9 Å². The summed E-state index contributed by atoms with van der Waals surface area (Å²) in [5, 5.41) is 6.10. The Morgan fingerprint density at radius 1 is 1.17 bits per heavy atom. The molecule has 188 valence electrons. The lowest BCUT2D eigenvalue weighted by molar-refractivity contribution is 0.0983. The van der Waals surface area contributed by atoms with Crippen LogP contribution < -0.4 is 21.1 Å². The third-order valence-electron chi connectivity index (χ3n) is 6.49. The Morgan fingerprint density at radius 2 is 2.00 bits per heavy atom. The number of hydrogen-bond donors (Lipinski definition) is 3. The summed E-state index contributed by atoms with van der Waals surface area (Å²) < 4.78 is 5.66. The summed E-state index contributed by atoms with van der Waals surface area (Å²) in [6.07, 6.45) is 0.713. The lowest BCUT2D eigenvalue weighted by Gasteiger charge is -2.37. The monoisotopic (exact) mass is 489 g/mol. The molecule has 10 heteroatoms. The Kier molecular flexibility index (Phi) is 6.86. The number of ether oxygens (including phenoxy) is 1. The maximum atomic E-state index is 12.5. The number of fused-ring (bicyclic) bond motifs is 1. The molecule has 1 aromatic carbocycles. The van der Waals surface area contributed by atoms with Crippen LogP contribution in [0.15, 0.2) is 47.3 Å². The van der Waals surface area contributed by atoms with Crippen molar-refractivity contribution in [2.24, 2.45) is 0 Å². The highest BCUT2D eigenvalue weighted by Gasteiger charge is 2.30. The minimum Gasteiger partial charge on any atom is -0.377 e. The maximum Gasteiger partial charge on any atom is 0.317 e. The molecule has 1 saturated heterocycles. The second-order valence-electron chi connectivity index (χ2n) is 9.05. The second kappa shape index (κ2) is 10.4. The van der Waals surface area contributed by atoms with Gasteiger partial charge in [0.1, 0.15) is 11.6 Å². The van der Waals surface area contributed by atoms with Crippen LogP contribution in [0.3, 0.4) is 0 Å². The van der Waals surface area contributed by atoms with Gasteiger partial charge in [0.2, 0.25) is 5.56 Å². The van der Waals surface area contributed by atoms with Crippen molar-refractivity contribution in [3.05, 3.63) is 64.1 Å². The Morgan fingerprint density at radius 3 is 2.75 bits per heavy atom. The molecule has 0 aliphatic carbocycles. The number of carbonyl (C=O) groups excluding carboxylic acids is 1. The lowest BCUT2D eigenvalue weighted by atomic mass is 10.0. The molecule has 0 bridgehead atoms. The van der Waals surface area contributed by atoms with E-state index < -0.39 is 0 Å². The van der Waals surface area contributed by atoms with Gasteiger partial charge in [0.15, 0.2) is 5.82 Å². The molecule has 0 radical (unpaired) electrons. The highest BCUT2D eigenvalue weighted by atomic mass is 16.5. The third kappa shape index (κ3) is 5.03. The summed E-state index contributed by atoms with van der Waals surface area (Å²) in [6.45, 7) is 7.81. The van der Waals surface area contributed by atoms with Crippen LogP contribution in [0.1, 0.15) is 25.1 Å². The number of urea groups is 1. The summed E-state index contributed by atoms with van der Waals surface area (Å²) in [5.74, 6) is 2.18. The third-order valence-corrected chi connectivity index (χ3v) is 6.49. The number of H-pyrrole nitrogens is 1. The van der Waals surface area contributed by atoms with Crippen LogP contribution in [0.4, 0.5) is 22.1 Å². The molecule has 4 heterocycles. The Hall–Kier alpha value is -3.92. The van der Waals surface area contributed by atoms with Crippen molar-refractivity contribution in [2.45, 2.75) is 32.9 Å². The quantitative estimate of drug-likeness (QED) is 0.505. The van der Waals surface area contributed by atoms with Gasteiger partial charge in [-0.2, -0.15) is 0 Å². The smallest absolute Gasteiger partial charge is 0.317 e. The molecule has 2 aromatic heterocycles. The average Bonchev–Trinajstić information content (AvgIpc) is 2.89. The SMILES string of the molecule is CCNC(=O)N1CCc2c(nc(-c3ccc(Nc4cccc(=O)[nH]4)cc3)nc2N2CCOC[C@@H]2C)C1. The van der Waals surface area contributed by atoms with E-state index in [1.807, 2.05) is 36.1 Å². The van der Waals surface area contributed by atoms with Crippen LogP contribution in [0.2, 0.25) is 0 Å². The van der Waals surface area contributed by atoms with Gasteiger partial charge < -0.3 is 30.2 Å². The van der Waals surface area contributed by atoms with E-state index in [-0.39, 0.29) is 17.6 Å². The topological polar surface area (TPSA) is 115 Å². The number of hydrogen-bond acceptors (Lipinski definition) is 7. The fourth-order valence-corrected chi connectivity index (χ4v) is 4.63. The fourth-order valence-electron chi connectivity index (χ4n) is 4.63. The highest BCUT2D eigenvalue weighted by molar-refractivity contribution is 5.75. The molecule has 36 heavy (non-hydrogen) atoms. The van der Waals surface area contributed by atoms with Gasteiger partial charge in [-0.25, -0.2) is 14.8 Å². The average molecular weight is 490 g/mol. The first-order valence-electron chi connectivity index (χ1n) is 12.4. The number of carbonyl (C=O) groups is 1. The van der Waals surface area contributed by atoms with Gasteiger partial charge in [0.05, 0.1) is 31.5 Å². The van der Waals surface area contributed by atoms with E-state index >= 15 is 0 Å². The van der Waals surface area contributed by atoms with Gasteiger partial charge in [-0.3, -0.25) is 4.79 Å². The van der Waals surface area contributed by atoms with Crippen LogP contribution in [-0.2, 0) is 17.7 Å². The van der Waals surface area contributed by atoms with Gasteiger partial charge in [-0.15, -0.1) is 0 Å². The van der Waals surface area contributed by atoms with Crippen molar-refractivity contribution in [2.75, 3.05) is 43.1 Å². The van der Waals surface area contributed by atoms with Crippen LogP contribution in [-0.4, -0.2) is 64.8 Å². The molecule has 0 saturated carbocycles. The lowest BCUT2D eigenvalue weighted by Crippen LogP contribution is -2.46. The number of aromatic nitrogens is 3. The number of morpholine rings is 1. The number of pyridine rings is 1. The number of rotatable bonds is 5. The number of nitrogens with one attached hydrogen (secondary N) is 3. The van der Waals surface area contributed by atoms with Gasteiger partial charge >= 0.3 is 6.03 Å². The van der Waals surface area contributed by atoms with E-state index in [4.69, 9.17) is 14.7 Å². The van der Waals surface area contributed by atoms with E-state index in [9.17, 15) is 9.59 Å². The van der Waals surface area contributed by atoms with Crippen molar-refractivity contribution >= 4 is 23.4 Å². The number of aromatic amines is 1. The van der Waals surface area contributed by atoms with E-state index in [2.05, 4.69) is 27.4 Å². The molecular formula is C26H31N7O3. The standard InChI is InChI=1S/C26H31N7O3/c1-3-27-26(35)32-12-11-20-21(15-32)29-24(31-25(20)33-13-14-36-16-17(33)2)18-7-9-19(10-8-18)28-22-5-4-6-23(34)30-22/h4-10,17H,3,11-16H2,1-2H3,(H,27,35)(H2,28,30,34)/t17-/m0/s1. The van der Waals surface area contributed by atoms with E-state index in [1.54, 1.807) is 12.1 Å². The van der Waals surface area contributed by atoms with Gasteiger partial charge in [-0.1, -0.05) is 6.07 Å². The minimum absolute atomic E-state index is 0.0704. The largest absolute Gasteiger partial charge is 0.377 e. The predicted molar refractivity (Wildman–Crippen MR) is 139 cm³/mol. The molecule has 2 aliphatic rings. The zero-order valence-corrected chi connectivity index (χ0v) is 20.6. The Bertz CT molecular complexity index is 1290. The normalized spacial score (nSPS) is 17.4. The molecule has 0 unspecified atom stereocenters. The van der Waals surface area contributed by atoms with Crippen molar-refractivity contribution in [1.82, 2.24) is 25.2 Å². The van der Waals surface area contributed by atoms with Crippen molar-refractivity contribution < 1.29 is 9.53 Å². The first-order chi connectivity index (χ1) is 17.5. The zero-order chi connectivity index (χ0) is 25.1. The first-order valence-corrected chi connectivity index (χ1v) is 12.4. The summed E-state index contributed by atoms with van der Waals surface area (Å²) in [7, 11) is 0. The summed E-state index contributed by atoms with van der Waals surface area (Å²) in [4.78, 5) is 40.9. The summed E-state index contributed by atoms with van der Waals surface area (Å²) in [5.41, 5.74) is 3.55. The van der Waals surface area contributed by atoms with Crippen LogP contribution in [0.5, 0.6) is 0 Å². The van der Waals surface area contributed by atoms with Crippen LogP contribution >= 0.6 is 0 Å². The van der Waals surface area contributed by atoms with E-state index in [0.717, 1.165) is 34.9 Å². The van der Waals surface area contributed by atoms with Crippen molar-refractivity contribution in [3.8, 4) is 11.4 Å². The molecular weight excluding hydrogens is 458 g/mol. The molecule has 3 aromatic rings. The summed E-state index contributed by atoms with van der Waals surface area (Å²) in [6, 6.07) is 12.9. The number of nitrogens with zero attached hydrogens (tertiary/aromatic N) is 4. The van der Waals surface area contributed by atoms with Crippen molar-refractivity contribution in [3.63, 3.8) is 0 Å². The maximum absolute atomic E-state index is 12.5. The zero-order valence-electron chi connectivity index (χ0n) is 20.6. The van der Waals surface area contributed by atoms with E-state index in [1.165, 1.54) is 6.07 Å². The second-order valence-corrected chi connectivity index (χ2v) is 9.05. The molecule has 2 aliphatic heterocycles. The van der Waals surface area contributed by atoms with Gasteiger partial charge in [0.25, 0.3) is 0 Å². The summed E-state index contributed by atoms with van der Waals surface area (Å²) >= 11 is 0. The molecule has 5 rings (SSSR count). The molecule has 1 atom stereocenters. The van der Waals surface area contributed by atoms with Gasteiger partial charge in [0, 0.05) is 42.5 Å². The number of amides is 2. The fraction of sp³-hybridized carbons (Fsp3) is 0.385. The Labute approximate surface area is 209 Å². The number of benzene rings is 1. The van der Waals surface area contributed by atoms with Crippen LogP contribution in [0.25, 0.3) is 11.4 Å². The van der Waals surface area contributed by atoms with Crippen LogP contribution in [0, 0.1) is 0 Å². The Balaban J connectivity index is 1.48. The minimum atomic E-state index is -0.161. The molecule has 3 N–H and O–H groups in total.